The molecule has 2 aromatic rings. The first-order valence-corrected chi connectivity index (χ1v) is 10.9. The van der Waals surface area contributed by atoms with Gasteiger partial charge in [0, 0.05) is 17.3 Å². The van der Waals surface area contributed by atoms with Crippen LogP contribution in [-0.4, -0.2) is 46.7 Å². The van der Waals surface area contributed by atoms with Gasteiger partial charge in [-0.2, -0.15) is 0 Å². The third-order valence-corrected chi connectivity index (χ3v) is 7.28. The van der Waals surface area contributed by atoms with Gasteiger partial charge in [-0.05, 0) is 37.1 Å². The van der Waals surface area contributed by atoms with Crippen molar-refractivity contribution in [2.75, 3.05) is 12.1 Å². The Labute approximate surface area is 189 Å². The Morgan fingerprint density at radius 3 is 2.73 bits per heavy atom. The number of para-hydroxylation sites is 1. The summed E-state index contributed by atoms with van der Waals surface area (Å²) in [6.07, 6.45) is -0.944. The highest BCUT2D eigenvalue weighted by molar-refractivity contribution is 6.15. The third kappa shape index (κ3) is 2.57. The summed E-state index contributed by atoms with van der Waals surface area (Å²) < 4.78 is 10.7. The van der Waals surface area contributed by atoms with E-state index in [1.807, 2.05) is 19.1 Å². The minimum Gasteiger partial charge on any atom is -0.454 e. The van der Waals surface area contributed by atoms with Gasteiger partial charge in [0.1, 0.15) is 5.54 Å². The Kier molecular flexibility index (Phi) is 4.15. The number of carbonyl (C=O) groups excluding carboxylic acids is 3. The molecule has 9 heteroatoms. The fraction of sp³-hybridized carbons (Fsp3) is 0.375. The zero-order valence-corrected chi connectivity index (χ0v) is 18.1. The van der Waals surface area contributed by atoms with Crippen molar-refractivity contribution in [3.05, 3.63) is 53.1 Å². The van der Waals surface area contributed by atoms with Crippen molar-refractivity contribution < 1.29 is 29.0 Å². The van der Waals surface area contributed by atoms with Crippen LogP contribution in [0.3, 0.4) is 0 Å². The van der Waals surface area contributed by atoms with Gasteiger partial charge in [0.2, 0.25) is 24.5 Å². The molecule has 0 saturated carbocycles. The molecule has 4 heterocycles. The molecule has 9 nitrogen and oxygen atoms in total. The summed E-state index contributed by atoms with van der Waals surface area (Å²) in [7, 11) is 0. The second-order valence-corrected chi connectivity index (χ2v) is 9.12. The van der Waals surface area contributed by atoms with Crippen LogP contribution in [0.2, 0.25) is 0 Å². The molecule has 0 aromatic heterocycles. The molecule has 0 bridgehead atoms. The van der Waals surface area contributed by atoms with Gasteiger partial charge >= 0.3 is 0 Å². The van der Waals surface area contributed by atoms with Gasteiger partial charge in [-0.25, -0.2) is 0 Å². The number of amides is 3. The van der Waals surface area contributed by atoms with E-state index in [4.69, 9.17) is 9.47 Å². The number of imide groups is 1. The molecule has 0 unspecified atom stereocenters. The van der Waals surface area contributed by atoms with Gasteiger partial charge in [0.15, 0.2) is 11.5 Å². The van der Waals surface area contributed by atoms with Crippen molar-refractivity contribution in [2.24, 2.45) is 11.8 Å². The summed E-state index contributed by atoms with van der Waals surface area (Å²) in [5.74, 6) is -1.84. The van der Waals surface area contributed by atoms with E-state index in [0.717, 1.165) is 5.56 Å². The molecule has 33 heavy (non-hydrogen) atoms. The number of fused-ring (bicyclic) bond motifs is 5. The fourth-order valence-corrected chi connectivity index (χ4v) is 5.76. The van der Waals surface area contributed by atoms with Crippen LogP contribution < -0.4 is 20.1 Å². The molecule has 5 atom stereocenters. The number of aliphatic hydroxyl groups is 1. The third-order valence-electron chi connectivity index (χ3n) is 7.28. The first kappa shape index (κ1) is 20.2. The van der Waals surface area contributed by atoms with E-state index in [1.165, 1.54) is 4.90 Å². The van der Waals surface area contributed by atoms with Crippen LogP contribution >= 0.6 is 0 Å². The molecule has 2 fully saturated rings. The molecule has 2 aromatic carbocycles. The Balaban J connectivity index is 1.43. The summed E-state index contributed by atoms with van der Waals surface area (Å²) in [6, 6.07) is 10.0. The quantitative estimate of drug-likeness (QED) is 0.599. The van der Waals surface area contributed by atoms with Crippen molar-refractivity contribution in [1.82, 2.24) is 10.2 Å². The van der Waals surface area contributed by atoms with Crippen molar-refractivity contribution >= 4 is 23.4 Å². The maximum atomic E-state index is 13.8. The molecule has 3 amide bonds. The second-order valence-electron chi connectivity index (χ2n) is 9.12. The highest BCUT2D eigenvalue weighted by Crippen LogP contribution is 2.54. The lowest BCUT2D eigenvalue weighted by molar-refractivity contribution is -0.143. The average Bonchev–Trinajstić information content (AvgIpc) is 3.51. The van der Waals surface area contributed by atoms with E-state index in [-0.39, 0.29) is 19.2 Å². The predicted octanol–water partition coefficient (Wildman–Crippen LogP) is 1.03. The molecule has 3 N–H and O–H groups in total. The molecular formula is C24H23N3O6. The highest BCUT2D eigenvalue weighted by atomic mass is 16.7. The minimum atomic E-state index is -1.41. The maximum absolute atomic E-state index is 13.8. The van der Waals surface area contributed by atoms with E-state index < -0.39 is 41.3 Å². The Bertz CT molecular complexity index is 1230. The number of hydrogen-bond acceptors (Lipinski definition) is 7. The Morgan fingerprint density at radius 1 is 1.15 bits per heavy atom. The van der Waals surface area contributed by atoms with Crippen LogP contribution in [0.5, 0.6) is 11.5 Å². The predicted molar refractivity (Wildman–Crippen MR) is 115 cm³/mol. The van der Waals surface area contributed by atoms with Crippen LogP contribution in [0.4, 0.5) is 5.69 Å². The normalized spacial score (nSPS) is 30.1. The number of rotatable bonds is 3. The molecule has 1 spiro atoms. The van der Waals surface area contributed by atoms with Crippen molar-refractivity contribution in [2.45, 2.75) is 38.1 Å². The first-order valence-electron chi connectivity index (χ1n) is 10.9. The number of aryl methyl sites for hydroxylation is 1. The Morgan fingerprint density at radius 2 is 1.94 bits per heavy atom. The molecule has 6 rings (SSSR count). The lowest BCUT2D eigenvalue weighted by atomic mass is 9.76. The van der Waals surface area contributed by atoms with Gasteiger partial charge in [-0.15, -0.1) is 0 Å². The van der Waals surface area contributed by atoms with Crippen molar-refractivity contribution in [3.63, 3.8) is 0 Å². The van der Waals surface area contributed by atoms with Crippen LogP contribution in [-0.2, 0) is 26.5 Å². The fourth-order valence-electron chi connectivity index (χ4n) is 5.76. The van der Waals surface area contributed by atoms with Crippen LogP contribution in [0.15, 0.2) is 36.4 Å². The van der Waals surface area contributed by atoms with Gasteiger partial charge in [-0.1, -0.05) is 24.3 Å². The second kappa shape index (κ2) is 6.79. The van der Waals surface area contributed by atoms with Crippen LogP contribution in [0, 0.1) is 18.8 Å². The van der Waals surface area contributed by atoms with Crippen molar-refractivity contribution in [3.8, 4) is 11.5 Å². The van der Waals surface area contributed by atoms with Gasteiger partial charge in [-0.3, -0.25) is 24.6 Å². The van der Waals surface area contributed by atoms with Gasteiger partial charge < -0.3 is 19.9 Å². The molecule has 4 aliphatic heterocycles. The number of nitrogens with zero attached hydrogens (tertiary/aromatic N) is 1. The summed E-state index contributed by atoms with van der Waals surface area (Å²) in [6.45, 7) is 3.62. The lowest BCUT2D eigenvalue weighted by Gasteiger charge is -2.30. The topological polar surface area (TPSA) is 117 Å². The molecule has 0 aliphatic carbocycles. The molecule has 4 aliphatic rings. The smallest absolute Gasteiger partial charge is 0.250 e. The van der Waals surface area contributed by atoms with Gasteiger partial charge in [0.25, 0.3) is 0 Å². The maximum Gasteiger partial charge on any atom is 0.250 e. The van der Waals surface area contributed by atoms with Crippen molar-refractivity contribution in [1.29, 1.82) is 0 Å². The number of likely N-dealkylation sites (tertiary alicyclic amines) is 1. The van der Waals surface area contributed by atoms with E-state index >= 15 is 0 Å². The summed E-state index contributed by atoms with van der Waals surface area (Å²) in [5, 5.41) is 16.6. The summed E-state index contributed by atoms with van der Waals surface area (Å²) in [5.41, 5.74) is 1.45. The Hall–Kier alpha value is -3.43. The van der Waals surface area contributed by atoms with Crippen LogP contribution in [0.25, 0.3) is 0 Å². The SMILES string of the molecule is Cc1cccc2c1NC(=O)[C@]21N[C@@H]([C@@H](C)O)[C@H]2C(=O)N(Cc3ccc4c(c3)OCO4)C(=O)[C@@H]21. The number of carbonyl (C=O) groups is 3. The highest BCUT2D eigenvalue weighted by Gasteiger charge is 2.71. The zero-order chi connectivity index (χ0) is 23.1. The lowest BCUT2D eigenvalue weighted by Crippen LogP contribution is -2.54. The van der Waals surface area contributed by atoms with E-state index in [9.17, 15) is 19.5 Å². The van der Waals surface area contributed by atoms with E-state index in [0.29, 0.717) is 28.3 Å². The average molecular weight is 449 g/mol. The molecule has 170 valence electrons. The number of nitrogens with one attached hydrogen (secondary N) is 2. The zero-order valence-electron chi connectivity index (χ0n) is 18.1. The standard InChI is InChI=1S/C24H23N3O6/c1-11-4-3-5-14-19(11)25-23(31)24(14)18-17(20(26-24)12(2)28)21(29)27(22(18)30)9-13-6-7-15-16(8-13)33-10-32-15/h3-8,12,17-18,20,26,28H,9-10H2,1-2H3,(H,25,31)/t12-,17+,18-,20+,24+/m1/s1. The number of anilines is 1. The number of benzene rings is 2. The largest absolute Gasteiger partial charge is 0.454 e. The number of ether oxygens (including phenoxy) is 2. The molecular weight excluding hydrogens is 426 g/mol. The van der Waals surface area contributed by atoms with E-state index in [1.54, 1.807) is 31.2 Å². The summed E-state index contributed by atoms with van der Waals surface area (Å²) in [4.78, 5) is 41.9. The number of aliphatic hydroxyl groups excluding tert-OH is 1. The van der Waals surface area contributed by atoms with Gasteiger partial charge in [0.05, 0.1) is 24.5 Å². The van der Waals surface area contributed by atoms with E-state index in [2.05, 4.69) is 10.6 Å². The first-order chi connectivity index (χ1) is 15.8. The monoisotopic (exact) mass is 449 g/mol. The molecule has 2 saturated heterocycles. The van der Waals surface area contributed by atoms with Crippen LogP contribution in [0.1, 0.15) is 23.6 Å². The molecule has 0 radical (unpaired) electrons. The summed E-state index contributed by atoms with van der Waals surface area (Å²) >= 11 is 0. The number of hydrogen-bond donors (Lipinski definition) is 3. The minimum absolute atomic E-state index is 0.0478.